The molecule has 2 aromatic heterocycles. The number of hydrogen-bond donors (Lipinski definition) is 3. The molecule has 1 saturated heterocycles. The number of aliphatic hydroxyl groups excluding tert-OH is 1. The van der Waals surface area contributed by atoms with Crippen LogP contribution in [0.15, 0.2) is 54.9 Å². The Morgan fingerprint density at radius 2 is 1.92 bits per heavy atom. The Bertz CT molecular complexity index is 1240. The molecule has 1 aliphatic rings. The second kappa shape index (κ2) is 11.2. The highest BCUT2D eigenvalue weighted by atomic mass is 19.4. The predicted molar refractivity (Wildman–Crippen MR) is 137 cm³/mol. The van der Waals surface area contributed by atoms with Crippen LogP contribution in [0.5, 0.6) is 0 Å². The molecule has 1 aromatic carbocycles. The number of aryl methyl sites for hydroxylation is 1. The molecule has 2 atom stereocenters. The van der Waals surface area contributed by atoms with Crippen LogP contribution in [0.3, 0.4) is 0 Å². The molecule has 10 heteroatoms. The third kappa shape index (κ3) is 6.97. The van der Waals surface area contributed by atoms with E-state index >= 15 is 0 Å². The molecule has 0 radical (unpaired) electrons. The van der Waals surface area contributed by atoms with Crippen LogP contribution in [0.1, 0.15) is 25.3 Å². The van der Waals surface area contributed by atoms with Gasteiger partial charge in [-0.2, -0.15) is 13.2 Å². The van der Waals surface area contributed by atoms with Gasteiger partial charge in [0, 0.05) is 49.2 Å². The van der Waals surface area contributed by atoms with Gasteiger partial charge in [-0.15, -0.1) is 0 Å². The smallest absolute Gasteiger partial charge is 0.389 e. The number of rotatable bonds is 7. The van der Waals surface area contributed by atoms with Gasteiger partial charge in [-0.25, -0.2) is 9.78 Å². The first kappa shape index (κ1) is 26.4. The van der Waals surface area contributed by atoms with Crippen molar-refractivity contribution in [2.24, 2.45) is 5.92 Å². The first-order valence-electron chi connectivity index (χ1n) is 12.1. The third-order valence-corrected chi connectivity index (χ3v) is 6.36. The summed E-state index contributed by atoms with van der Waals surface area (Å²) >= 11 is 0. The summed E-state index contributed by atoms with van der Waals surface area (Å²) in [6.07, 6.45) is -1.40. The second-order valence-corrected chi connectivity index (χ2v) is 9.47. The van der Waals surface area contributed by atoms with Gasteiger partial charge in [-0.3, -0.25) is 4.98 Å². The van der Waals surface area contributed by atoms with Crippen molar-refractivity contribution < 1.29 is 23.1 Å². The van der Waals surface area contributed by atoms with Crippen molar-refractivity contribution in [2.45, 2.75) is 38.9 Å². The summed E-state index contributed by atoms with van der Waals surface area (Å²) in [5, 5.41) is 15.5. The number of aromatic nitrogens is 2. The number of anilines is 2. The van der Waals surface area contributed by atoms with Gasteiger partial charge in [0.05, 0.1) is 12.3 Å². The number of urea groups is 1. The van der Waals surface area contributed by atoms with Gasteiger partial charge in [0.15, 0.2) is 0 Å². The van der Waals surface area contributed by atoms with Gasteiger partial charge in [0.25, 0.3) is 0 Å². The predicted octanol–water partition coefficient (Wildman–Crippen LogP) is 5.72. The Morgan fingerprint density at radius 3 is 2.62 bits per heavy atom. The molecular formula is C27H30F3N5O2. The van der Waals surface area contributed by atoms with Crippen LogP contribution in [-0.2, 0) is 0 Å². The zero-order chi connectivity index (χ0) is 26.6. The Labute approximate surface area is 213 Å². The van der Waals surface area contributed by atoms with Crippen LogP contribution in [0.2, 0.25) is 0 Å². The zero-order valence-electron chi connectivity index (χ0n) is 20.7. The van der Waals surface area contributed by atoms with E-state index in [9.17, 15) is 23.1 Å². The van der Waals surface area contributed by atoms with E-state index in [4.69, 9.17) is 4.98 Å². The number of carbonyl (C=O) groups is 1. The topological polar surface area (TPSA) is 90.4 Å². The molecule has 0 saturated carbocycles. The van der Waals surface area contributed by atoms with Gasteiger partial charge in [-0.1, -0.05) is 6.07 Å². The maximum absolute atomic E-state index is 12.8. The number of benzene rings is 1. The standard InChI is InChI=1S/C27H30F3N5O2/c1-17-3-4-22(33-26(37)35-10-7-19(15-35)14-27(28,29)30)13-23(17)21-11-24(20-5-8-31-9-6-20)34-25(12-21)32-18(2)16-36/h3-6,8-9,11-13,18-19,36H,7,10,14-16H2,1-2H3,(H,32,34)(H,33,37)/t18?,19-/m0/s1. The highest BCUT2D eigenvalue weighted by molar-refractivity contribution is 5.91. The fourth-order valence-electron chi connectivity index (χ4n) is 4.45. The first-order chi connectivity index (χ1) is 17.6. The molecule has 1 fully saturated rings. The average molecular weight is 514 g/mol. The number of hydrogen-bond acceptors (Lipinski definition) is 5. The molecule has 1 unspecified atom stereocenters. The number of likely N-dealkylation sites (tertiary alicyclic amines) is 1. The number of nitrogens with one attached hydrogen (secondary N) is 2. The summed E-state index contributed by atoms with van der Waals surface area (Å²) in [6.45, 7) is 4.13. The average Bonchev–Trinajstić information content (AvgIpc) is 3.32. The fraction of sp³-hybridized carbons (Fsp3) is 0.370. The number of aliphatic hydroxyl groups is 1. The number of amides is 2. The van der Waals surface area contributed by atoms with Crippen LogP contribution in [-0.4, -0.2) is 57.9 Å². The van der Waals surface area contributed by atoms with Gasteiger partial charge in [-0.05, 0) is 79.3 Å². The molecule has 3 heterocycles. The van der Waals surface area contributed by atoms with E-state index < -0.39 is 24.5 Å². The molecule has 7 nitrogen and oxygen atoms in total. The van der Waals surface area contributed by atoms with E-state index in [0.29, 0.717) is 30.2 Å². The van der Waals surface area contributed by atoms with Gasteiger partial charge >= 0.3 is 12.2 Å². The van der Waals surface area contributed by atoms with Crippen LogP contribution in [0.25, 0.3) is 22.4 Å². The summed E-state index contributed by atoms with van der Waals surface area (Å²) in [5.41, 5.74) is 4.83. The van der Waals surface area contributed by atoms with Crippen molar-refractivity contribution in [3.05, 3.63) is 60.4 Å². The number of alkyl halides is 3. The van der Waals surface area contributed by atoms with E-state index in [-0.39, 0.29) is 19.2 Å². The number of carbonyl (C=O) groups excluding carboxylic acids is 1. The normalized spacial score (nSPS) is 16.5. The molecule has 2 amide bonds. The number of nitrogens with zero attached hydrogens (tertiary/aromatic N) is 3. The Balaban J connectivity index is 1.59. The molecule has 0 bridgehead atoms. The van der Waals surface area contributed by atoms with E-state index in [1.165, 1.54) is 4.90 Å². The highest BCUT2D eigenvalue weighted by Crippen LogP contribution is 2.33. The monoisotopic (exact) mass is 513 g/mol. The Hall–Kier alpha value is -3.66. The molecule has 4 rings (SSSR count). The van der Waals surface area contributed by atoms with Crippen molar-refractivity contribution >= 4 is 17.5 Å². The molecule has 196 valence electrons. The number of halogens is 3. The van der Waals surface area contributed by atoms with Gasteiger partial charge < -0.3 is 20.6 Å². The highest BCUT2D eigenvalue weighted by Gasteiger charge is 2.36. The maximum atomic E-state index is 12.8. The Morgan fingerprint density at radius 1 is 1.16 bits per heavy atom. The largest absolute Gasteiger partial charge is 0.394 e. The van der Waals surface area contributed by atoms with Crippen molar-refractivity contribution in [1.82, 2.24) is 14.9 Å². The second-order valence-electron chi connectivity index (χ2n) is 9.47. The van der Waals surface area contributed by atoms with E-state index in [1.807, 2.05) is 50.2 Å². The van der Waals surface area contributed by atoms with Crippen molar-refractivity contribution in [3.8, 4) is 22.4 Å². The molecule has 37 heavy (non-hydrogen) atoms. The van der Waals surface area contributed by atoms with Gasteiger partial charge in [0.1, 0.15) is 5.82 Å². The zero-order valence-corrected chi connectivity index (χ0v) is 20.7. The third-order valence-electron chi connectivity index (χ3n) is 6.36. The summed E-state index contributed by atoms with van der Waals surface area (Å²) < 4.78 is 38.2. The molecule has 3 aromatic rings. The van der Waals surface area contributed by atoms with E-state index in [1.54, 1.807) is 18.5 Å². The minimum atomic E-state index is -4.23. The quantitative estimate of drug-likeness (QED) is 0.376. The lowest BCUT2D eigenvalue weighted by atomic mass is 9.98. The van der Waals surface area contributed by atoms with Crippen molar-refractivity contribution in [3.63, 3.8) is 0 Å². The molecule has 0 spiro atoms. The van der Waals surface area contributed by atoms with Gasteiger partial charge in [0.2, 0.25) is 0 Å². The summed E-state index contributed by atoms with van der Waals surface area (Å²) in [7, 11) is 0. The molecular weight excluding hydrogens is 483 g/mol. The lowest BCUT2D eigenvalue weighted by Gasteiger charge is -2.19. The summed E-state index contributed by atoms with van der Waals surface area (Å²) in [4.78, 5) is 23.0. The van der Waals surface area contributed by atoms with E-state index in [0.717, 1.165) is 22.3 Å². The van der Waals surface area contributed by atoms with Crippen LogP contribution >= 0.6 is 0 Å². The fourth-order valence-corrected chi connectivity index (χ4v) is 4.45. The van der Waals surface area contributed by atoms with Crippen LogP contribution in [0.4, 0.5) is 29.5 Å². The van der Waals surface area contributed by atoms with Crippen molar-refractivity contribution in [2.75, 3.05) is 30.3 Å². The molecule has 3 N–H and O–H groups in total. The van der Waals surface area contributed by atoms with Crippen LogP contribution in [0, 0.1) is 12.8 Å². The minimum Gasteiger partial charge on any atom is -0.394 e. The number of pyridine rings is 2. The summed E-state index contributed by atoms with van der Waals surface area (Å²) in [5.74, 6) is 0.0162. The first-order valence-corrected chi connectivity index (χ1v) is 12.1. The van der Waals surface area contributed by atoms with E-state index in [2.05, 4.69) is 15.6 Å². The van der Waals surface area contributed by atoms with Crippen LogP contribution < -0.4 is 10.6 Å². The van der Waals surface area contributed by atoms with Crippen molar-refractivity contribution in [1.29, 1.82) is 0 Å². The Kier molecular flexibility index (Phi) is 7.97. The molecule has 1 aliphatic heterocycles. The minimum absolute atomic E-state index is 0.0582. The lowest BCUT2D eigenvalue weighted by Crippen LogP contribution is -2.33. The maximum Gasteiger partial charge on any atom is 0.389 e. The molecule has 0 aliphatic carbocycles. The lowest BCUT2D eigenvalue weighted by molar-refractivity contribution is -0.143. The summed E-state index contributed by atoms with van der Waals surface area (Å²) in [6, 6.07) is 12.4. The SMILES string of the molecule is Cc1ccc(NC(=O)N2CC[C@@H](CC(F)(F)F)C2)cc1-c1cc(NC(C)CO)nc(-c2ccncc2)c1.